The van der Waals surface area contributed by atoms with Gasteiger partial charge in [0, 0.05) is 4.47 Å². The fourth-order valence-electron chi connectivity index (χ4n) is 3.62. The van der Waals surface area contributed by atoms with Crippen molar-refractivity contribution in [2.75, 3.05) is 6.61 Å². The molecule has 0 aliphatic heterocycles. The number of alkyl carbamates (subject to hydrolysis) is 1. The lowest BCUT2D eigenvalue weighted by molar-refractivity contribution is 0.0482. The lowest BCUT2D eigenvalue weighted by Crippen LogP contribution is -2.36. The molecule has 0 spiro atoms. The minimum atomic E-state index is -0.613. The third-order valence-electron chi connectivity index (χ3n) is 5.20. The van der Waals surface area contributed by atoms with Crippen LogP contribution in [0.1, 0.15) is 50.4 Å². The summed E-state index contributed by atoms with van der Waals surface area (Å²) < 4.78 is 12.4. The van der Waals surface area contributed by atoms with E-state index < -0.39 is 17.7 Å². The molecule has 3 aromatic carbocycles. The van der Waals surface area contributed by atoms with Crippen LogP contribution in [0, 0.1) is 0 Å². The summed E-state index contributed by atoms with van der Waals surface area (Å²) in [5.74, 6) is 0.896. The van der Waals surface area contributed by atoms with Gasteiger partial charge in [-0.15, -0.1) is 0 Å². The Morgan fingerprint density at radius 2 is 1.79 bits per heavy atom. The molecule has 0 aliphatic carbocycles. The lowest BCUT2D eigenvalue weighted by atomic mass is 9.98. The highest BCUT2D eigenvalue weighted by molar-refractivity contribution is 9.10. The Bertz CT molecular complexity index is 1120. The van der Waals surface area contributed by atoms with Gasteiger partial charge in [0.25, 0.3) is 0 Å². The van der Waals surface area contributed by atoms with Crippen LogP contribution in [-0.2, 0) is 17.8 Å². The van der Waals surface area contributed by atoms with Crippen molar-refractivity contribution >= 4 is 22.0 Å². The van der Waals surface area contributed by atoms with E-state index in [9.17, 15) is 9.90 Å². The monoisotopic (exact) mass is 525 g/mol. The second kappa shape index (κ2) is 11.5. The van der Waals surface area contributed by atoms with Crippen molar-refractivity contribution in [1.82, 2.24) is 5.32 Å². The van der Waals surface area contributed by atoms with Crippen molar-refractivity contribution < 1.29 is 19.4 Å². The number of aliphatic hydroxyl groups excluding tert-OH is 1. The van der Waals surface area contributed by atoms with Crippen LogP contribution >= 0.6 is 15.9 Å². The summed E-state index contributed by atoms with van der Waals surface area (Å²) in [5.41, 5.74) is 4.37. The molecule has 34 heavy (non-hydrogen) atoms. The van der Waals surface area contributed by atoms with Crippen LogP contribution in [0.25, 0.3) is 11.1 Å². The van der Waals surface area contributed by atoms with Gasteiger partial charge in [-0.2, -0.15) is 0 Å². The third kappa shape index (κ3) is 7.34. The number of aryl methyl sites for hydroxylation is 1. The van der Waals surface area contributed by atoms with Crippen LogP contribution in [0.3, 0.4) is 0 Å². The van der Waals surface area contributed by atoms with Crippen LogP contribution < -0.4 is 10.1 Å². The summed E-state index contributed by atoms with van der Waals surface area (Å²) in [5, 5.41) is 12.7. The Morgan fingerprint density at radius 3 is 2.50 bits per heavy atom. The number of aliphatic hydroxyl groups is 1. The molecule has 180 valence electrons. The standard InChI is InChI=1S/C28H32BrNO4/c1-5-20-9-6-7-12-26(20)33-18-19-13-23(16-24(29)14-19)21-10-8-11-22(15-21)25(17-31)30-27(32)34-28(2,3)4/h6-16,25,31H,5,17-18H2,1-4H3,(H,30,32)/t25-/m0/s1. The van der Waals surface area contributed by atoms with E-state index in [0.717, 1.165) is 38.9 Å². The van der Waals surface area contributed by atoms with Crippen molar-refractivity contribution in [2.45, 2.75) is 52.4 Å². The first-order valence-corrected chi connectivity index (χ1v) is 12.2. The first kappa shape index (κ1) is 25.8. The summed E-state index contributed by atoms with van der Waals surface area (Å²) in [6, 6.07) is 21.4. The molecule has 0 fully saturated rings. The van der Waals surface area contributed by atoms with E-state index >= 15 is 0 Å². The number of amides is 1. The molecule has 0 heterocycles. The minimum absolute atomic E-state index is 0.239. The van der Waals surface area contributed by atoms with Gasteiger partial charge in [0.05, 0.1) is 12.6 Å². The Morgan fingerprint density at radius 1 is 1.03 bits per heavy atom. The summed E-state index contributed by atoms with van der Waals surface area (Å²) in [6.07, 6.45) is 0.349. The number of carbonyl (C=O) groups excluding carboxylic acids is 1. The SMILES string of the molecule is CCc1ccccc1OCc1cc(Br)cc(-c2cccc([C@H](CO)NC(=O)OC(C)(C)C)c2)c1. The first-order chi connectivity index (χ1) is 16.2. The van der Waals surface area contributed by atoms with Crippen LogP contribution in [0.5, 0.6) is 5.75 Å². The molecule has 0 bridgehead atoms. The van der Waals surface area contributed by atoms with Crippen molar-refractivity contribution in [3.05, 3.63) is 87.9 Å². The van der Waals surface area contributed by atoms with Crippen LogP contribution in [0.4, 0.5) is 4.79 Å². The van der Waals surface area contributed by atoms with Crippen LogP contribution in [-0.4, -0.2) is 23.4 Å². The van der Waals surface area contributed by atoms with E-state index in [2.05, 4.69) is 40.3 Å². The molecule has 0 saturated carbocycles. The Hall–Kier alpha value is -2.83. The summed E-state index contributed by atoms with van der Waals surface area (Å²) in [6.45, 7) is 7.73. The van der Waals surface area contributed by atoms with Crippen molar-refractivity contribution in [3.63, 3.8) is 0 Å². The van der Waals surface area contributed by atoms with Gasteiger partial charge in [0.2, 0.25) is 0 Å². The van der Waals surface area contributed by atoms with Gasteiger partial charge < -0.3 is 19.9 Å². The highest BCUT2D eigenvalue weighted by Gasteiger charge is 2.20. The Labute approximate surface area is 210 Å². The maximum Gasteiger partial charge on any atom is 0.408 e. The number of para-hydroxylation sites is 1. The maximum atomic E-state index is 12.2. The molecule has 0 saturated heterocycles. The summed E-state index contributed by atoms with van der Waals surface area (Å²) in [7, 11) is 0. The topological polar surface area (TPSA) is 67.8 Å². The third-order valence-corrected chi connectivity index (χ3v) is 5.66. The number of ether oxygens (including phenoxy) is 2. The Balaban J connectivity index is 1.80. The number of hydrogen-bond donors (Lipinski definition) is 2. The largest absolute Gasteiger partial charge is 0.489 e. The molecule has 5 nitrogen and oxygen atoms in total. The maximum absolute atomic E-state index is 12.2. The fraction of sp³-hybridized carbons (Fsp3) is 0.321. The average Bonchev–Trinajstić information content (AvgIpc) is 2.80. The second-order valence-corrected chi connectivity index (χ2v) is 10.0. The molecule has 1 atom stereocenters. The number of nitrogens with one attached hydrogen (secondary N) is 1. The number of hydrogen-bond acceptors (Lipinski definition) is 4. The van der Waals surface area contributed by atoms with E-state index in [-0.39, 0.29) is 6.61 Å². The molecule has 3 aromatic rings. The molecule has 2 N–H and O–H groups in total. The highest BCUT2D eigenvalue weighted by Crippen LogP contribution is 2.29. The van der Waals surface area contributed by atoms with Gasteiger partial charge in [-0.25, -0.2) is 4.79 Å². The molecule has 6 heteroatoms. The predicted octanol–water partition coefficient (Wildman–Crippen LogP) is 6.82. The zero-order valence-electron chi connectivity index (χ0n) is 20.1. The molecule has 3 rings (SSSR count). The van der Waals surface area contributed by atoms with E-state index in [1.54, 1.807) is 20.8 Å². The van der Waals surface area contributed by atoms with Crippen LogP contribution in [0.2, 0.25) is 0 Å². The minimum Gasteiger partial charge on any atom is -0.489 e. The average molecular weight is 526 g/mol. The van der Waals surface area contributed by atoms with Gasteiger partial charge in [0.15, 0.2) is 0 Å². The zero-order valence-corrected chi connectivity index (χ0v) is 21.7. The molecule has 0 aromatic heterocycles. The number of rotatable bonds is 8. The van der Waals surface area contributed by atoms with Crippen molar-refractivity contribution in [2.24, 2.45) is 0 Å². The predicted molar refractivity (Wildman–Crippen MR) is 139 cm³/mol. The second-order valence-electron chi connectivity index (χ2n) is 9.10. The molecular weight excluding hydrogens is 494 g/mol. The molecule has 0 radical (unpaired) electrons. The molecular formula is C28H32BrNO4. The quantitative estimate of drug-likeness (QED) is 0.338. The Kier molecular flexibility index (Phi) is 8.75. The number of carbonyl (C=O) groups is 1. The summed E-state index contributed by atoms with van der Waals surface area (Å²) >= 11 is 3.62. The van der Waals surface area contributed by atoms with Gasteiger partial charge in [0.1, 0.15) is 18.0 Å². The highest BCUT2D eigenvalue weighted by atomic mass is 79.9. The lowest BCUT2D eigenvalue weighted by Gasteiger charge is -2.23. The molecule has 0 aliphatic rings. The van der Waals surface area contributed by atoms with Gasteiger partial charge in [-0.3, -0.25) is 0 Å². The fourth-order valence-corrected chi connectivity index (χ4v) is 4.16. The van der Waals surface area contributed by atoms with E-state index in [1.165, 1.54) is 5.56 Å². The molecule has 1 amide bonds. The smallest absolute Gasteiger partial charge is 0.408 e. The zero-order chi connectivity index (χ0) is 24.7. The van der Waals surface area contributed by atoms with Crippen LogP contribution in [0.15, 0.2) is 71.2 Å². The molecule has 0 unspecified atom stereocenters. The number of benzene rings is 3. The van der Waals surface area contributed by atoms with Crippen molar-refractivity contribution in [1.29, 1.82) is 0 Å². The van der Waals surface area contributed by atoms with Gasteiger partial charge in [-0.05, 0) is 85.3 Å². The normalized spacial score (nSPS) is 12.2. The first-order valence-electron chi connectivity index (χ1n) is 11.4. The van der Waals surface area contributed by atoms with Gasteiger partial charge in [-0.1, -0.05) is 59.3 Å². The van der Waals surface area contributed by atoms with E-state index in [4.69, 9.17) is 9.47 Å². The van der Waals surface area contributed by atoms with Gasteiger partial charge >= 0.3 is 6.09 Å². The van der Waals surface area contributed by atoms with E-state index in [0.29, 0.717) is 6.61 Å². The van der Waals surface area contributed by atoms with E-state index in [1.807, 2.05) is 54.6 Å². The number of halogens is 1. The summed E-state index contributed by atoms with van der Waals surface area (Å²) in [4.78, 5) is 12.2. The van der Waals surface area contributed by atoms with Crippen molar-refractivity contribution in [3.8, 4) is 16.9 Å².